The molecule has 1 unspecified atom stereocenters. The minimum Gasteiger partial charge on any atom is -0.349 e. The second-order valence-corrected chi connectivity index (χ2v) is 6.23. The number of ether oxygens (including phenoxy) is 3. The maximum Gasteiger partial charge on any atom is 0.384 e. The van der Waals surface area contributed by atoms with Gasteiger partial charge >= 0.3 is 30.0 Å². The van der Waals surface area contributed by atoms with Gasteiger partial charge in [-0.25, -0.2) is 8.78 Å². The number of hydrogen-bond donors (Lipinski definition) is 0. The van der Waals surface area contributed by atoms with E-state index in [4.69, 9.17) is 0 Å². The molecular weight excluding hydrogens is 391 g/mol. The summed E-state index contributed by atoms with van der Waals surface area (Å²) in [6.45, 7) is 1.20. The van der Waals surface area contributed by atoms with Crippen molar-refractivity contribution >= 4 is 10.2 Å². The molecule has 0 fully saturated rings. The highest BCUT2D eigenvalue weighted by Gasteiger charge is 2.86. The average Bonchev–Trinajstić information content (AvgIpc) is 2.46. The standard InChI is InChI=1S/C12H19F9O3Si/c1-4-22-11(21,12(25,23-5-2)24-6-3)10(19,20)9(17,18)8(15,16)7(13)14/h7H,4-6H2,1-3,25H3. The van der Waals surface area contributed by atoms with Crippen molar-refractivity contribution in [1.82, 2.24) is 0 Å². The van der Waals surface area contributed by atoms with Crippen molar-refractivity contribution in [1.29, 1.82) is 0 Å². The molecule has 3 nitrogen and oxygen atoms in total. The fourth-order valence-corrected chi connectivity index (χ4v) is 3.07. The molecule has 0 saturated heterocycles. The summed E-state index contributed by atoms with van der Waals surface area (Å²) in [5.41, 5.74) is -3.16. The quantitative estimate of drug-likeness (QED) is 0.298. The number of halogens is 9. The van der Waals surface area contributed by atoms with Gasteiger partial charge in [-0.2, -0.15) is 30.7 Å². The van der Waals surface area contributed by atoms with Gasteiger partial charge in [-0.15, -0.1) is 0 Å². The molecule has 0 aromatic heterocycles. The van der Waals surface area contributed by atoms with Crippen molar-refractivity contribution < 1.29 is 53.7 Å². The Kier molecular flexibility index (Phi) is 7.83. The molecule has 0 aliphatic rings. The first-order valence-corrected chi connectivity index (χ1v) is 8.15. The lowest BCUT2D eigenvalue weighted by atomic mass is 9.96. The van der Waals surface area contributed by atoms with Gasteiger partial charge in [0.05, 0.1) is 10.2 Å². The van der Waals surface area contributed by atoms with Crippen molar-refractivity contribution in [3.8, 4) is 0 Å². The van der Waals surface area contributed by atoms with Gasteiger partial charge < -0.3 is 14.2 Å². The van der Waals surface area contributed by atoms with Crippen molar-refractivity contribution in [3.05, 3.63) is 0 Å². The molecule has 0 aromatic rings. The van der Waals surface area contributed by atoms with E-state index in [0.717, 1.165) is 6.92 Å². The van der Waals surface area contributed by atoms with Gasteiger partial charge in [0.2, 0.25) is 5.41 Å². The number of rotatable bonds is 11. The van der Waals surface area contributed by atoms with Crippen LogP contribution in [0.15, 0.2) is 0 Å². The highest BCUT2D eigenvalue weighted by Crippen LogP contribution is 2.57. The van der Waals surface area contributed by atoms with Crippen LogP contribution in [0.5, 0.6) is 0 Å². The molecule has 25 heavy (non-hydrogen) atoms. The Morgan fingerprint density at radius 1 is 0.720 bits per heavy atom. The smallest absolute Gasteiger partial charge is 0.349 e. The van der Waals surface area contributed by atoms with Crippen molar-refractivity contribution in [2.24, 2.45) is 0 Å². The first-order valence-electron chi connectivity index (χ1n) is 7.15. The van der Waals surface area contributed by atoms with Gasteiger partial charge in [0.25, 0.3) is 0 Å². The Morgan fingerprint density at radius 2 is 1.08 bits per heavy atom. The topological polar surface area (TPSA) is 27.7 Å². The molecule has 0 N–H and O–H groups in total. The van der Waals surface area contributed by atoms with Crippen molar-refractivity contribution in [2.75, 3.05) is 19.8 Å². The monoisotopic (exact) mass is 410 g/mol. The molecule has 0 amide bonds. The largest absolute Gasteiger partial charge is 0.384 e. The van der Waals surface area contributed by atoms with Gasteiger partial charge in [0, 0.05) is 19.8 Å². The maximum atomic E-state index is 15.0. The second kappa shape index (κ2) is 8.01. The van der Waals surface area contributed by atoms with Crippen LogP contribution in [0.2, 0.25) is 0 Å². The zero-order valence-corrected chi connectivity index (χ0v) is 15.8. The number of alkyl halides is 9. The zero-order valence-electron chi connectivity index (χ0n) is 13.8. The normalized spacial score (nSPS) is 17.2. The minimum absolute atomic E-state index is 0.533. The van der Waals surface area contributed by atoms with Crippen LogP contribution in [0, 0.1) is 0 Å². The summed E-state index contributed by atoms with van der Waals surface area (Å²) in [5.74, 6) is -24.7. The first-order chi connectivity index (χ1) is 11.1. The highest BCUT2D eigenvalue weighted by atomic mass is 28.1. The highest BCUT2D eigenvalue weighted by molar-refractivity contribution is 6.14. The first kappa shape index (κ1) is 24.5. The van der Waals surface area contributed by atoms with Crippen LogP contribution in [-0.4, -0.2) is 65.5 Å². The van der Waals surface area contributed by atoms with Gasteiger partial charge in [0.15, 0.2) is 0 Å². The average molecular weight is 410 g/mol. The van der Waals surface area contributed by atoms with Crippen LogP contribution in [0.4, 0.5) is 39.5 Å². The Hall–Kier alpha value is -0.533. The van der Waals surface area contributed by atoms with Crippen LogP contribution < -0.4 is 0 Å². The van der Waals surface area contributed by atoms with Gasteiger partial charge in [-0.1, -0.05) is 0 Å². The second-order valence-electron chi connectivity index (χ2n) is 4.91. The predicted octanol–water partition coefficient (Wildman–Crippen LogP) is 2.95. The van der Waals surface area contributed by atoms with E-state index in [0.29, 0.717) is 0 Å². The van der Waals surface area contributed by atoms with E-state index in [1.54, 1.807) is 0 Å². The summed E-state index contributed by atoms with van der Waals surface area (Å²) in [7, 11) is -0.883. The van der Waals surface area contributed by atoms with Crippen LogP contribution in [0.25, 0.3) is 0 Å². The van der Waals surface area contributed by atoms with E-state index < -0.39 is 65.5 Å². The third kappa shape index (κ3) is 3.78. The summed E-state index contributed by atoms with van der Waals surface area (Å²) >= 11 is 0. The molecule has 0 rings (SSSR count). The lowest BCUT2D eigenvalue weighted by Crippen LogP contribution is -2.74. The van der Waals surface area contributed by atoms with E-state index in [-0.39, 0.29) is 0 Å². The summed E-state index contributed by atoms with van der Waals surface area (Å²) < 4.78 is 135. The molecule has 1 atom stereocenters. The molecule has 0 heterocycles. The van der Waals surface area contributed by atoms with Crippen LogP contribution in [0.3, 0.4) is 0 Å². The predicted molar refractivity (Wildman–Crippen MR) is 72.2 cm³/mol. The maximum absolute atomic E-state index is 15.0. The van der Waals surface area contributed by atoms with Crippen LogP contribution >= 0.6 is 0 Å². The SMILES string of the molecule is CCOC([SiH3])(OCC)C(F)(OCC)C(F)(F)C(F)(F)C(F)(F)C(F)F. The lowest BCUT2D eigenvalue weighted by molar-refractivity contribution is -0.451. The Balaban J connectivity index is 6.46. The summed E-state index contributed by atoms with van der Waals surface area (Å²) in [5, 5.41) is 0. The molecule has 0 saturated carbocycles. The third-order valence-electron chi connectivity index (χ3n) is 3.26. The Morgan fingerprint density at radius 3 is 1.36 bits per heavy atom. The number of hydrogen-bond acceptors (Lipinski definition) is 3. The summed E-state index contributed by atoms with van der Waals surface area (Å²) in [6, 6.07) is 0. The van der Waals surface area contributed by atoms with Crippen molar-refractivity contribution in [2.45, 2.75) is 56.2 Å². The van der Waals surface area contributed by atoms with Gasteiger partial charge in [0.1, 0.15) is 0 Å². The molecule has 0 radical (unpaired) electrons. The summed E-state index contributed by atoms with van der Waals surface area (Å²) in [4.78, 5) is 0. The van der Waals surface area contributed by atoms with Gasteiger partial charge in [-0.3, -0.25) is 0 Å². The Bertz CT molecular complexity index is 430. The zero-order chi connectivity index (χ0) is 20.3. The Labute approximate surface area is 141 Å². The molecular formula is C12H19F9O3Si. The molecule has 0 aliphatic carbocycles. The van der Waals surface area contributed by atoms with Crippen LogP contribution in [0.1, 0.15) is 20.8 Å². The van der Waals surface area contributed by atoms with E-state index in [1.165, 1.54) is 13.8 Å². The molecule has 0 aliphatic heterocycles. The lowest BCUT2D eigenvalue weighted by Gasteiger charge is -2.47. The molecule has 0 spiro atoms. The molecule has 0 aromatic carbocycles. The van der Waals surface area contributed by atoms with E-state index in [1.807, 2.05) is 0 Å². The summed E-state index contributed by atoms with van der Waals surface area (Å²) in [6.07, 6.45) is -5.18. The minimum atomic E-state index is -6.80. The fourth-order valence-electron chi connectivity index (χ4n) is 2.03. The third-order valence-corrected chi connectivity index (χ3v) is 4.48. The van der Waals surface area contributed by atoms with E-state index in [9.17, 15) is 35.1 Å². The van der Waals surface area contributed by atoms with Crippen LogP contribution in [-0.2, 0) is 14.2 Å². The van der Waals surface area contributed by atoms with Crippen molar-refractivity contribution in [3.63, 3.8) is 0 Å². The molecule has 13 heteroatoms. The molecule has 0 bridgehead atoms. The van der Waals surface area contributed by atoms with E-state index >= 15 is 4.39 Å². The fraction of sp³-hybridized carbons (Fsp3) is 1.00. The van der Waals surface area contributed by atoms with Gasteiger partial charge in [-0.05, 0) is 20.8 Å². The van der Waals surface area contributed by atoms with E-state index in [2.05, 4.69) is 14.2 Å². The molecule has 152 valence electrons.